The fraction of sp³-hybridized carbons (Fsp3) is 0.727. The van der Waals surface area contributed by atoms with Crippen LogP contribution in [-0.4, -0.2) is 18.9 Å². The van der Waals surface area contributed by atoms with Crippen LogP contribution in [0.25, 0.3) is 0 Å². The van der Waals surface area contributed by atoms with E-state index in [1.54, 1.807) is 0 Å². The minimum Gasteiger partial charge on any atom is -0.434 e. The number of carbonyl (C=O) groups excluding carboxylic acids is 1. The van der Waals surface area contributed by atoms with Crippen LogP contribution in [0.2, 0.25) is 0 Å². The third kappa shape index (κ3) is 4.30. The van der Waals surface area contributed by atoms with Crippen molar-refractivity contribution in [1.82, 2.24) is 0 Å². The van der Waals surface area contributed by atoms with Gasteiger partial charge in [0.1, 0.15) is 0 Å². The van der Waals surface area contributed by atoms with E-state index in [0.29, 0.717) is 12.5 Å². The number of carbonyl (C=O) groups is 1. The molecule has 1 aliphatic carbocycles. The second-order valence-electron chi connectivity index (χ2n) is 3.88. The molecule has 0 heterocycles. The molecule has 1 atom stereocenters. The summed E-state index contributed by atoms with van der Waals surface area (Å²) < 4.78 is 9.86. The Morgan fingerprint density at radius 3 is 2.86 bits per heavy atom. The number of hydrogen-bond acceptors (Lipinski definition) is 3. The highest BCUT2D eigenvalue weighted by atomic mass is 16.7. The van der Waals surface area contributed by atoms with E-state index in [-0.39, 0.29) is 6.10 Å². The molecular formula is C11H18O3. The van der Waals surface area contributed by atoms with Crippen LogP contribution < -0.4 is 0 Å². The van der Waals surface area contributed by atoms with Crippen molar-refractivity contribution in [3.63, 3.8) is 0 Å². The standard InChI is InChI=1S/C11H18O3/c1-9(2)14-11(12)13-8-10-6-4-3-5-7-10/h3-4,9-10H,5-8H2,1-2H3. The molecule has 1 rings (SSSR count). The Morgan fingerprint density at radius 2 is 2.29 bits per heavy atom. The van der Waals surface area contributed by atoms with E-state index in [9.17, 15) is 4.79 Å². The summed E-state index contributed by atoms with van der Waals surface area (Å²) in [5.41, 5.74) is 0. The van der Waals surface area contributed by atoms with Crippen LogP contribution in [0.4, 0.5) is 4.79 Å². The fourth-order valence-corrected chi connectivity index (χ4v) is 1.42. The number of allylic oxidation sites excluding steroid dienone is 2. The summed E-state index contributed by atoms with van der Waals surface area (Å²) in [7, 11) is 0. The third-order valence-electron chi connectivity index (χ3n) is 2.15. The predicted molar refractivity (Wildman–Crippen MR) is 54.1 cm³/mol. The lowest BCUT2D eigenvalue weighted by molar-refractivity contribution is 0.0246. The third-order valence-corrected chi connectivity index (χ3v) is 2.15. The SMILES string of the molecule is CC(C)OC(=O)OCC1CC=CCC1. The Morgan fingerprint density at radius 1 is 1.50 bits per heavy atom. The van der Waals surface area contributed by atoms with Crippen molar-refractivity contribution in [1.29, 1.82) is 0 Å². The van der Waals surface area contributed by atoms with E-state index in [1.807, 2.05) is 13.8 Å². The molecule has 0 amide bonds. The summed E-state index contributed by atoms with van der Waals surface area (Å²) in [6.07, 6.45) is 6.87. The van der Waals surface area contributed by atoms with Crippen LogP contribution >= 0.6 is 0 Å². The van der Waals surface area contributed by atoms with Crippen molar-refractivity contribution in [2.45, 2.75) is 39.2 Å². The summed E-state index contributed by atoms with van der Waals surface area (Å²) in [5.74, 6) is 0.472. The van der Waals surface area contributed by atoms with Gasteiger partial charge in [-0.3, -0.25) is 0 Å². The molecule has 0 spiro atoms. The summed E-state index contributed by atoms with van der Waals surface area (Å²) in [5, 5.41) is 0. The summed E-state index contributed by atoms with van der Waals surface area (Å²) in [6, 6.07) is 0. The Kier molecular flexibility index (Phi) is 4.50. The molecule has 14 heavy (non-hydrogen) atoms. The van der Waals surface area contributed by atoms with Crippen LogP contribution in [0.1, 0.15) is 33.1 Å². The smallest absolute Gasteiger partial charge is 0.434 e. The summed E-state index contributed by atoms with van der Waals surface area (Å²) >= 11 is 0. The van der Waals surface area contributed by atoms with Gasteiger partial charge in [0, 0.05) is 0 Å². The molecular weight excluding hydrogens is 180 g/mol. The Balaban J connectivity index is 2.13. The van der Waals surface area contributed by atoms with E-state index in [2.05, 4.69) is 12.2 Å². The van der Waals surface area contributed by atoms with Crippen molar-refractivity contribution in [3.05, 3.63) is 12.2 Å². The molecule has 0 aromatic heterocycles. The molecule has 0 radical (unpaired) electrons. The lowest BCUT2D eigenvalue weighted by Gasteiger charge is -2.17. The molecule has 1 unspecified atom stereocenters. The van der Waals surface area contributed by atoms with Gasteiger partial charge in [-0.15, -0.1) is 0 Å². The highest BCUT2D eigenvalue weighted by Gasteiger charge is 2.13. The molecule has 0 bridgehead atoms. The van der Waals surface area contributed by atoms with E-state index in [1.165, 1.54) is 0 Å². The molecule has 0 saturated heterocycles. The van der Waals surface area contributed by atoms with E-state index in [0.717, 1.165) is 19.3 Å². The molecule has 0 fully saturated rings. The average Bonchev–Trinajstić information content (AvgIpc) is 2.15. The molecule has 0 aromatic rings. The monoisotopic (exact) mass is 198 g/mol. The molecule has 3 heteroatoms. The average molecular weight is 198 g/mol. The van der Waals surface area contributed by atoms with Gasteiger partial charge in [-0.25, -0.2) is 4.79 Å². The first-order chi connectivity index (χ1) is 6.68. The first kappa shape index (κ1) is 11.1. The number of rotatable bonds is 3. The molecule has 0 saturated carbocycles. The van der Waals surface area contributed by atoms with Crippen LogP contribution in [0.5, 0.6) is 0 Å². The highest BCUT2D eigenvalue weighted by molar-refractivity contribution is 5.60. The van der Waals surface area contributed by atoms with Crippen molar-refractivity contribution < 1.29 is 14.3 Å². The van der Waals surface area contributed by atoms with Gasteiger partial charge in [0.15, 0.2) is 0 Å². The minimum absolute atomic E-state index is 0.103. The minimum atomic E-state index is -0.547. The van der Waals surface area contributed by atoms with E-state index in [4.69, 9.17) is 9.47 Å². The van der Waals surface area contributed by atoms with Gasteiger partial charge in [0.05, 0.1) is 12.7 Å². The maximum atomic E-state index is 11.0. The van der Waals surface area contributed by atoms with Crippen LogP contribution in [0.15, 0.2) is 12.2 Å². The first-order valence-corrected chi connectivity index (χ1v) is 5.17. The highest BCUT2D eigenvalue weighted by Crippen LogP contribution is 2.18. The van der Waals surface area contributed by atoms with Crippen LogP contribution in [0.3, 0.4) is 0 Å². The topological polar surface area (TPSA) is 35.5 Å². The molecule has 0 aliphatic heterocycles. The van der Waals surface area contributed by atoms with Gasteiger partial charge in [-0.2, -0.15) is 0 Å². The normalized spacial score (nSPS) is 20.9. The van der Waals surface area contributed by atoms with Crippen molar-refractivity contribution in [2.75, 3.05) is 6.61 Å². The molecule has 1 aliphatic rings. The van der Waals surface area contributed by atoms with Crippen LogP contribution in [0, 0.1) is 5.92 Å². The van der Waals surface area contributed by atoms with Gasteiger partial charge in [0.2, 0.25) is 0 Å². The van der Waals surface area contributed by atoms with Gasteiger partial charge in [0.25, 0.3) is 0 Å². The molecule has 0 N–H and O–H groups in total. The number of ether oxygens (including phenoxy) is 2. The van der Waals surface area contributed by atoms with Crippen molar-refractivity contribution in [2.24, 2.45) is 5.92 Å². The zero-order valence-corrected chi connectivity index (χ0v) is 8.86. The molecule has 3 nitrogen and oxygen atoms in total. The zero-order valence-electron chi connectivity index (χ0n) is 8.86. The van der Waals surface area contributed by atoms with Gasteiger partial charge < -0.3 is 9.47 Å². The lowest BCUT2D eigenvalue weighted by atomic mass is 9.95. The summed E-state index contributed by atoms with van der Waals surface area (Å²) in [6.45, 7) is 4.10. The second-order valence-corrected chi connectivity index (χ2v) is 3.88. The van der Waals surface area contributed by atoms with Gasteiger partial charge in [-0.05, 0) is 39.0 Å². The van der Waals surface area contributed by atoms with Gasteiger partial charge in [-0.1, -0.05) is 12.2 Å². The zero-order chi connectivity index (χ0) is 10.4. The largest absolute Gasteiger partial charge is 0.508 e. The Labute approximate surface area is 85.1 Å². The van der Waals surface area contributed by atoms with Crippen LogP contribution in [-0.2, 0) is 9.47 Å². The Bertz CT molecular complexity index is 209. The quantitative estimate of drug-likeness (QED) is 0.516. The summed E-state index contributed by atoms with van der Waals surface area (Å²) in [4.78, 5) is 11.0. The maximum Gasteiger partial charge on any atom is 0.508 e. The number of hydrogen-bond donors (Lipinski definition) is 0. The fourth-order valence-electron chi connectivity index (χ4n) is 1.42. The Hall–Kier alpha value is -0.990. The van der Waals surface area contributed by atoms with E-state index >= 15 is 0 Å². The van der Waals surface area contributed by atoms with Crippen molar-refractivity contribution in [3.8, 4) is 0 Å². The molecule has 80 valence electrons. The van der Waals surface area contributed by atoms with Gasteiger partial charge >= 0.3 is 6.16 Å². The molecule has 0 aromatic carbocycles. The predicted octanol–water partition coefficient (Wildman–Crippen LogP) is 2.90. The second kappa shape index (κ2) is 5.68. The maximum absolute atomic E-state index is 11.0. The first-order valence-electron chi connectivity index (χ1n) is 5.17. The van der Waals surface area contributed by atoms with E-state index < -0.39 is 6.16 Å². The van der Waals surface area contributed by atoms with Crippen molar-refractivity contribution >= 4 is 6.16 Å². The lowest BCUT2D eigenvalue weighted by Crippen LogP contribution is -2.18.